The molecule has 74 heavy (non-hydrogen) atoms. The number of rotatable bonds is 2. The van der Waals surface area contributed by atoms with E-state index in [0.29, 0.717) is 12.2 Å². The molecule has 4 aromatic carbocycles. The van der Waals surface area contributed by atoms with Crippen LogP contribution in [0.4, 0.5) is 0 Å². The largest absolute Gasteiger partial charge is 2.00 e. The number of benzene rings is 4. The molecule has 22 heteroatoms. The molecule has 0 amide bonds. The SMILES string of the molecule is O=C([O-])/C=C/C(=O)[O-].O=[N+]([O-])[O-].O=[N+]([O-])[O-].[Pb+2].[Pb+2].c1cnc2c(c1)ccc1cccnc12.c1cnc2c(c1)ccc1cccnc12.c1cnc2c(c1)ccc1cccnc12.c1cnc2c(c1)ccc1cccnc12. The Hall–Kier alpha value is -8.92. The average Bonchev–Trinajstić information content (AvgIpc) is 3.40. The molecular formula is C52H34N10O10Pb2. The van der Waals surface area contributed by atoms with Crippen LogP contribution in [-0.4, -0.2) is 117 Å². The van der Waals surface area contributed by atoms with Gasteiger partial charge in [-0.2, -0.15) is 0 Å². The molecule has 0 spiro atoms. The summed E-state index contributed by atoms with van der Waals surface area (Å²) in [6.45, 7) is 0. The van der Waals surface area contributed by atoms with Crippen molar-refractivity contribution < 1.29 is 30.0 Å². The van der Waals surface area contributed by atoms with Crippen LogP contribution < -0.4 is 10.2 Å². The zero-order valence-electron chi connectivity index (χ0n) is 38.2. The van der Waals surface area contributed by atoms with E-state index in [-0.39, 0.29) is 54.6 Å². The molecule has 0 unspecified atom stereocenters. The number of nitrogens with zero attached hydrogens (tertiary/aromatic N) is 10. The molecule has 0 aliphatic rings. The van der Waals surface area contributed by atoms with Crippen molar-refractivity contribution >= 4 is 154 Å². The van der Waals surface area contributed by atoms with Gasteiger partial charge in [-0.05, 0) is 60.7 Å². The summed E-state index contributed by atoms with van der Waals surface area (Å²) in [5.41, 5.74) is 7.82. The van der Waals surface area contributed by atoms with Gasteiger partial charge in [-0.25, -0.2) is 0 Å². The fourth-order valence-electron chi connectivity index (χ4n) is 6.86. The molecule has 0 aliphatic carbocycles. The zero-order valence-corrected chi connectivity index (χ0v) is 46.0. The van der Waals surface area contributed by atoms with Gasteiger partial charge in [0.1, 0.15) is 0 Å². The predicted molar refractivity (Wildman–Crippen MR) is 280 cm³/mol. The number of hydrogen-bond acceptors (Lipinski definition) is 18. The Labute approximate surface area is 458 Å². The molecule has 12 rings (SSSR count). The van der Waals surface area contributed by atoms with Gasteiger partial charge in [0.2, 0.25) is 0 Å². The van der Waals surface area contributed by atoms with Crippen LogP contribution in [-0.2, 0) is 9.59 Å². The van der Waals surface area contributed by atoms with Crippen LogP contribution in [0.25, 0.3) is 87.2 Å². The maximum Gasteiger partial charge on any atom is 2.00 e. The summed E-state index contributed by atoms with van der Waals surface area (Å²) in [4.78, 5) is 70.1. The van der Waals surface area contributed by atoms with Gasteiger partial charge in [0.05, 0.1) is 66.2 Å². The van der Waals surface area contributed by atoms with Gasteiger partial charge in [0, 0.05) is 92.7 Å². The summed E-state index contributed by atoms with van der Waals surface area (Å²) < 4.78 is 0. The van der Waals surface area contributed by atoms with E-state index >= 15 is 0 Å². The minimum Gasteiger partial charge on any atom is -0.545 e. The van der Waals surface area contributed by atoms with Gasteiger partial charge in [0.15, 0.2) is 0 Å². The van der Waals surface area contributed by atoms with Crippen LogP contribution in [0.3, 0.4) is 0 Å². The third-order valence-corrected chi connectivity index (χ3v) is 9.73. The van der Waals surface area contributed by atoms with E-state index < -0.39 is 22.1 Å². The second-order valence-electron chi connectivity index (χ2n) is 14.3. The van der Waals surface area contributed by atoms with Crippen LogP contribution in [0, 0.1) is 30.6 Å². The second kappa shape index (κ2) is 29.4. The Kier molecular flexibility index (Phi) is 22.9. The normalized spacial score (nSPS) is 9.89. The van der Waals surface area contributed by atoms with E-state index in [2.05, 4.69) is 137 Å². The summed E-state index contributed by atoms with van der Waals surface area (Å²) in [5, 5.41) is 57.4. The van der Waals surface area contributed by atoms with E-state index in [1.54, 1.807) is 49.6 Å². The number of carboxylic acid groups (broad SMARTS) is 2. The van der Waals surface area contributed by atoms with Crippen LogP contribution in [0.5, 0.6) is 0 Å². The minimum atomic E-state index is -1.75. The molecule has 12 aromatic rings. The van der Waals surface area contributed by atoms with Crippen molar-refractivity contribution in [2.45, 2.75) is 0 Å². The summed E-state index contributed by atoms with van der Waals surface area (Å²) in [6, 6.07) is 48.6. The summed E-state index contributed by atoms with van der Waals surface area (Å²) in [7, 11) is 0. The third kappa shape index (κ3) is 16.9. The first kappa shape index (κ1) is 57.7. The van der Waals surface area contributed by atoms with E-state index in [1.165, 1.54) is 0 Å². The Morgan fingerprint density at radius 3 is 0.527 bits per heavy atom. The molecule has 0 fully saturated rings. The number of aliphatic carboxylic acids is 2. The molecule has 360 valence electrons. The second-order valence-corrected chi connectivity index (χ2v) is 14.3. The van der Waals surface area contributed by atoms with E-state index in [4.69, 9.17) is 30.6 Å². The van der Waals surface area contributed by atoms with Crippen molar-refractivity contribution in [1.82, 2.24) is 39.9 Å². The molecule has 0 bridgehead atoms. The number of hydrogen-bond donors (Lipinski definition) is 0. The number of pyridine rings is 8. The van der Waals surface area contributed by atoms with Gasteiger partial charge in [-0.3, -0.25) is 39.9 Å². The van der Waals surface area contributed by atoms with Crippen LogP contribution in [0.1, 0.15) is 0 Å². The van der Waals surface area contributed by atoms with Gasteiger partial charge < -0.3 is 50.4 Å². The molecule has 0 aliphatic heterocycles. The van der Waals surface area contributed by atoms with Crippen LogP contribution >= 0.6 is 0 Å². The first-order chi connectivity index (χ1) is 34.9. The fourth-order valence-corrected chi connectivity index (χ4v) is 6.86. The summed E-state index contributed by atoms with van der Waals surface area (Å²) in [5.74, 6) is -3.09. The zero-order chi connectivity index (χ0) is 51.2. The van der Waals surface area contributed by atoms with Crippen LogP contribution in [0.15, 0.2) is 207 Å². The van der Waals surface area contributed by atoms with Crippen molar-refractivity contribution in [2.75, 3.05) is 0 Å². The standard InChI is InChI=1S/4C12H8N2.C4H4O4.2NO3.2Pb/c4*1-3-9-5-6-10-4-2-8-14-12(10)11(9)13-7-1;5-3(6)1-2-4(7)8;2*2-1(3)4;;/h4*1-8H;1-2H,(H,5,6)(H,7,8);;;;/q;;;;;2*-1;2*+2/p-2/b;;;;2-1+;;;;. The Balaban J connectivity index is 0.000000194. The van der Waals surface area contributed by atoms with Gasteiger partial charge in [0.25, 0.3) is 0 Å². The van der Waals surface area contributed by atoms with Crippen molar-refractivity contribution in [3.05, 3.63) is 238 Å². The molecule has 0 atom stereocenters. The van der Waals surface area contributed by atoms with Gasteiger partial charge in [-0.15, -0.1) is 0 Å². The van der Waals surface area contributed by atoms with Crippen LogP contribution in [0.2, 0.25) is 0 Å². The Morgan fingerprint density at radius 1 is 0.297 bits per heavy atom. The molecule has 20 nitrogen and oxygen atoms in total. The smallest absolute Gasteiger partial charge is 0.545 e. The number of carbonyl (C=O) groups excluding carboxylic acids is 2. The predicted octanol–water partition coefficient (Wildman–Crippen LogP) is 6.93. The Morgan fingerprint density at radius 2 is 0.419 bits per heavy atom. The third-order valence-electron chi connectivity index (χ3n) is 9.73. The quantitative estimate of drug-likeness (QED) is 0.0556. The van der Waals surface area contributed by atoms with Crippen molar-refractivity contribution in [3.8, 4) is 0 Å². The van der Waals surface area contributed by atoms with Crippen molar-refractivity contribution in [2.24, 2.45) is 0 Å². The molecular weight excluding hydrogens is 1340 g/mol. The minimum absolute atomic E-state index is 0. The molecule has 0 saturated heterocycles. The summed E-state index contributed by atoms with van der Waals surface area (Å²) in [6.07, 6.45) is 15.2. The first-order valence-electron chi connectivity index (χ1n) is 21.0. The maximum absolute atomic E-state index is 9.41. The summed E-state index contributed by atoms with van der Waals surface area (Å²) >= 11 is 0. The van der Waals surface area contributed by atoms with Gasteiger partial charge in [-0.1, -0.05) is 97.1 Å². The number of carboxylic acids is 2. The fraction of sp³-hybridized carbons (Fsp3) is 0. The van der Waals surface area contributed by atoms with E-state index in [1.807, 2.05) is 48.5 Å². The monoisotopic (exact) mass is 1370 g/mol. The van der Waals surface area contributed by atoms with E-state index in [9.17, 15) is 19.8 Å². The number of carbonyl (C=O) groups is 2. The topological polar surface area (TPSA) is 316 Å². The Bertz CT molecular complexity index is 3180. The maximum atomic E-state index is 9.41. The molecule has 0 N–H and O–H groups in total. The number of fused-ring (bicyclic) bond motifs is 12. The van der Waals surface area contributed by atoms with E-state index in [0.717, 1.165) is 87.2 Å². The molecule has 4 radical (unpaired) electrons. The van der Waals surface area contributed by atoms with Crippen molar-refractivity contribution in [1.29, 1.82) is 0 Å². The molecule has 0 saturated carbocycles. The first-order valence-corrected chi connectivity index (χ1v) is 21.0. The molecule has 8 heterocycles. The molecule has 8 aromatic heterocycles. The average molecular weight is 1370 g/mol. The van der Waals surface area contributed by atoms with Gasteiger partial charge >= 0.3 is 54.6 Å². The number of aromatic nitrogens is 8. The van der Waals surface area contributed by atoms with Crippen molar-refractivity contribution in [3.63, 3.8) is 0 Å².